The molecule has 3 rings (SSSR count). The highest BCUT2D eigenvalue weighted by Crippen LogP contribution is 2.13. The van der Waals surface area contributed by atoms with Crippen molar-refractivity contribution in [2.24, 2.45) is 0 Å². The zero-order valence-electron chi connectivity index (χ0n) is 16.8. The molecule has 0 spiro atoms. The summed E-state index contributed by atoms with van der Waals surface area (Å²) in [5.74, 6) is -0.634. The summed E-state index contributed by atoms with van der Waals surface area (Å²) in [5, 5.41) is 6.62. The Morgan fingerprint density at radius 1 is 1.17 bits per heavy atom. The van der Waals surface area contributed by atoms with E-state index in [1.807, 2.05) is 0 Å². The monoisotopic (exact) mass is 412 g/mol. The Labute approximate surface area is 171 Å². The molecule has 0 bridgehead atoms. The fourth-order valence-electron chi connectivity index (χ4n) is 2.84. The maximum Gasteiger partial charge on any atom is 0.352 e. The highest BCUT2D eigenvalue weighted by molar-refractivity contribution is 5.91. The summed E-state index contributed by atoms with van der Waals surface area (Å²) in [4.78, 5) is 38.5. The lowest BCUT2D eigenvalue weighted by Crippen LogP contribution is -2.46. The van der Waals surface area contributed by atoms with Crippen molar-refractivity contribution in [2.45, 2.75) is 26.4 Å². The average Bonchev–Trinajstić information content (AvgIpc) is 2.71. The van der Waals surface area contributed by atoms with Crippen molar-refractivity contribution >= 4 is 5.91 Å². The second-order valence-corrected chi connectivity index (χ2v) is 6.89. The highest BCUT2D eigenvalue weighted by atomic mass is 19.1. The first-order valence-corrected chi connectivity index (χ1v) is 9.24. The molecule has 30 heavy (non-hydrogen) atoms. The number of hydrogen-bond donors (Lipinski definition) is 1. The quantitative estimate of drug-likeness (QED) is 0.665. The van der Waals surface area contributed by atoms with E-state index in [-0.39, 0.29) is 12.6 Å². The molecule has 1 heterocycles. The number of amides is 1. The van der Waals surface area contributed by atoms with Crippen molar-refractivity contribution in [2.75, 3.05) is 7.11 Å². The van der Waals surface area contributed by atoms with Crippen LogP contribution in [-0.2, 0) is 6.54 Å². The Bertz CT molecular complexity index is 1180. The van der Waals surface area contributed by atoms with Crippen LogP contribution in [-0.4, -0.2) is 33.4 Å². The normalized spacial score (nSPS) is 10.8. The summed E-state index contributed by atoms with van der Waals surface area (Å²) in [5.41, 5.74) is -1.30. The van der Waals surface area contributed by atoms with Gasteiger partial charge in [0.25, 0.3) is 11.5 Å². The summed E-state index contributed by atoms with van der Waals surface area (Å²) in [6.07, 6.45) is 0. The number of halogens is 1. The number of methoxy groups -OCH3 is 1. The molecule has 0 saturated carbocycles. The summed E-state index contributed by atoms with van der Waals surface area (Å²) < 4.78 is 20.5. The van der Waals surface area contributed by atoms with Gasteiger partial charge in [-0.05, 0) is 55.8 Å². The number of hydrogen-bond acceptors (Lipinski definition) is 5. The van der Waals surface area contributed by atoms with Crippen LogP contribution in [0.5, 0.6) is 5.75 Å². The van der Waals surface area contributed by atoms with Gasteiger partial charge in [0.15, 0.2) is 0 Å². The minimum absolute atomic E-state index is 0.212. The van der Waals surface area contributed by atoms with Crippen LogP contribution >= 0.6 is 0 Å². The highest BCUT2D eigenvalue weighted by Gasteiger charge is 2.21. The standard InChI is InChI=1S/C21H21FN4O4/c1-13(2)23-19(27)18-20(28)25(12-14-5-4-6-15(22)11-14)21(29)26(24-18)16-7-9-17(30-3)10-8-16/h4-11,13H,12H2,1-3H3,(H,23,27). The lowest BCUT2D eigenvalue weighted by molar-refractivity contribution is 0.0933. The molecule has 3 aromatic rings. The number of benzene rings is 2. The van der Waals surface area contributed by atoms with Gasteiger partial charge in [0.05, 0.1) is 19.3 Å². The molecule has 0 atom stereocenters. The number of nitrogens with zero attached hydrogens (tertiary/aromatic N) is 3. The van der Waals surface area contributed by atoms with Gasteiger partial charge >= 0.3 is 5.69 Å². The fraction of sp³-hybridized carbons (Fsp3) is 0.238. The lowest BCUT2D eigenvalue weighted by atomic mass is 10.2. The Kier molecular flexibility index (Phi) is 6.10. The third-order valence-electron chi connectivity index (χ3n) is 4.24. The molecule has 1 N–H and O–H groups in total. The number of ether oxygens (including phenoxy) is 1. The molecule has 0 radical (unpaired) electrons. The summed E-state index contributed by atoms with van der Waals surface area (Å²) in [7, 11) is 1.51. The van der Waals surface area contributed by atoms with E-state index in [2.05, 4.69) is 10.4 Å². The maximum atomic E-state index is 13.6. The van der Waals surface area contributed by atoms with Gasteiger partial charge in [-0.2, -0.15) is 9.78 Å². The Morgan fingerprint density at radius 2 is 1.87 bits per heavy atom. The van der Waals surface area contributed by atoms with Crippen LogP contribution in [0.3, 0.4) is 0 Å². The third kappa shape index (κ3) is 4.45. The van der Waals surface area contributed by atoms with Crippen LogP contribution in [0, 0.1) is 5.82 Å². The first-order valence-electron chi connectivity index (χ1n) is 9.24. The van der Waals surface area contributed by atoms with Crippen molar-refractivity contribution in [3.63, 3.8) is 0 Å². The van der Waals surface area contributed by atoms with Gasteiger partial charge in [0.2, 0.25) is 5.69 Å². The van der Waals surface area contributed by atoms with Gasteiger partial charge in [0.1, 0.15) is 11.6 Å². The van der Waals surface area contributed by atoms with Crippen molar-refractivity contribution in [3.8, 4) is 11.4 Å². The molecular weight excluding hydrogens is 391 g/mol. The largest absolute Gasteiger partial charge is 0.497 e. The van der Waals surface area contributed by atoms with Gasteiger partial charge in [-0.1, -0.05) is 12.1 Å². The molecule has 1 amide bonds. The molecule has 9 heteroatoms. The number of carbonyl (C=O) groups is 1. The molecule has 0 fully saturated rings. The molecule has 1 aromatic heterocycles. The van der Waals surface area contributed by atoms with Crippen molar-refractivity contribution in [1.82, 2.24) is 19.7 Å². The van der Waals surface area contributed by atoms with E-state index in [0.29, 0.717) is 17.0 Å². The van der Waals surface area contributed by atoms with E-state index in [9.17, 15) is 18.8 Å². The second kappa shape index (κ2) is 8.73. The van der Waals surface area contributed by atoms with E-state index < -0.39 is 28.7 Å². The minimum Gasteiger partial charge on any atom is -0.497 e. The molecule has 0 aliphatic rings. The van der Waals surface area contributed by atoms with Crippen molar-refractivity contribution in [1.29, 1.82) is 0 Å². The van der Waals surface area contributed by atoms with Crippen LogP contribution in [0.25, 0.3) is 5.69 Å². The van der Waals surface area contributed by atoms with Crippen molar-refractivity contribution < 1.29 is 13.9 Å². The first-order chi connectivity index (χ1) is 14.3. The van der Waals surface area contributed by atoms with Crippen molar-refractivity contribution in [3.05, 3.63) is 86.4 Å². The van der Waals surface area contributed by atoms with Crippen LogP contribution < -0.4 is 21.3 Å². The predicted octanol–water partition coefficient (Wildman–Crippen LogP) is 1.73. The lowest BCUT2D eigenvalue weighted by Gasteiger charge is -2.13. The number of aromatic nitrogens is 3. The van der Waals surface area contributed by atoms with E-state index in [4.69, 9.17) is 4.74 Å². The van der Waals surface area contributed by atoms with E-state index in [1.54, 1.807) is 44.2 Å². The molecule has 0 saturated heterocycles. The number of carbonyl (C=O) groups excluding carboxylic acids is 1. The number of nitrogens with one attached hydrogen (secondary N) is 1. The molecule has 0 aliphatic carbocycles. The molecule has 8 nitrogen and oxygen atoms in total. The topological polar surface area (TPSA) is 95.2 Å². The smallest absolute Gasteiger partial charge is 0.352 e. The van der Waals surface area contributed by atoms with Gasteiger partial charge in [0, 0.05) is 6.04 Å². The van der Waals surface area contributed by atoms with E-state index in [1.165, 1.54) is 25.3 Å². The molecule has 0 aliphatic heterocycles. The predicted molar refractivity (Wildman–Crippen MR) is 109 cm³/mol. The SMILES string of the molecule is COc1ccc(-n2nc(C(=O)NC(C)C)c(=O)n(Cc3cccc(F)c3)c2=O)cc1. The third-order valence-corrected chi connectivity index (χ3v) is 4.24. The zero-order chi connectivity index (χ0) is 21.8. The van der Waals surface area contributed by atoms with Crippen LogP contribution in [0.1, 0.15) is 29.9 Å². The summed E-state index contributed by atoms with van der Waals surface area (Å²) in [6, 6.07) is 11.7. The van der Waals surface area contributed by atoms with Crippen LogP contribution in [0.4, 0.5) is 4.39 Å². The second-order valence-electron chi connectivity index (χ2n) is 6.89. The maximum absolute atomic E-state index is 13.6. The van der Waals surface area contributed by atoms with Crippen LogP contribution in [0.2, 0.25) is 0 Å². The molecule has 0 unspecified atom stereocenters. The first kappa shape index (κ1) is 21.0. The Hall–Kier alpha value is -3.75. The number of rotatable bonds is 6. The molecule has 156 valence electrons. The van der Waals surface area contributed by atoms with Gasteiger partial charge in [-0.15, -0.1) is 0 Å². The Morgan fingerprint density at radius 3 is 2.47 bits per heavy atom. The van der Waals surface area contributed by atoms with E-state index >= 15 is 0 Å². The zero-order valence-corrected chi connectivity index (χ0v) is 16.8. The Balaban J connectivity index is 2.19. The van der Waals surface area contributed by atoms with E-state index in [0.717, 1.165) is 9.25 Å². The van der Waals surface area contributed by atoms with Gasteiger partial charge in [-0.3, -0.25) is 14.2 Å². The van der Waals surface area contributed by atoms with Gasteiger partial charge in [-0.25, -0.2) is 9.18 Å². The average molecular weight is 412 g/mol. The molecule has 2 aromatic carbocycles. The fourth-order valence-corrected chi connectivity index (χ4v) is 2.84. The summed E-state index contributed by atoms with van der Waals surface area (Å²) in [6.45, 7) is 3.27. The molecular formula is C21H21FN4O4. The van der Waals surface area contributed by atoms with Gasteiger partial charge < -0.3 is 10.1 Å². The van der Waals surface area contributed by atoms with Crippen LogP contribution in [0.15, 0.2) is 58.1 Å². The summed E-state index contributed by atoms with van der Waals surface area (Å²) >= 11 is 0. The minimum atomic E-state index is -0.854.